The fourth-order valence-electron chi connectivity index (χ4n) is 3.26. The average Bonchev–Trinajstić information content (AvgIpc) is 2.68. The van der Waals surface area contributed by atoms with Crippen LogP contribution in [0.4, 0.5) is 5.69 Å². The number of aliphatic hydroxyl groups excluding tert-OH is 1. The summed E-state index contributed by atoms with van der Waals surface area (Å²) in [6.07, 6.45) is -1.89. The van der Waals surface area contributed by atoms with Crippen molar-refractivity contribution >= 4 is 27.5 Å². The van der Waals surface area contributed by atoms with Crippen LogP contribution in [0.3, 0.4) is 0 Å². The maximum atomic E-state index is 12.8. The Labute approximate surface area is 167 Å². The van der Waals surface area contributed by atoms with E-state index in [9.17, 15) is 9.90 Å². The summed E-state index contributed by atoms with van der Waals surface area (Å²) in [5.41, 5.74) is 7.36. The Morgan fingerprint density at radius 3 is 2.44 bits per heavy atom. The number of nitrogens with zero attached hydrogens (tertiary/aromatic N) is 2. The molecule has 2 atom stereocenters. The van der Waals surface area contributed by atoms with Crippen molar-refractivity contribution < 1.29 is 14.6 Å². The number of carbonyl (C=O) groups is 1. The van der Waals surface area contributed by atoms with Crippen LogP contribution in [0.2, 0.25) is 0 Å². The second-order valence-electron chi connectivity index (χ2n) is 6.48. The molecule has 3 rings (SSSR count). The zero-order chi connectivity index (χ0) is 19.2. The highest BCUT2D eigenvalue weighted by Crippen LogP contribution is 2.26. The van der Waals surface area contributed by atoms with E-state index < -0.39 is 12.5 Å². The van der Waals surface area contributed by atoms with E-state index in [1.165, 1.54) is 5.69 Å². The molecule has 0 saturated carbocycles. The number of ether oxygens (including phenoxy) is 1. The van der Waals surface area contributed by atoms with Crippen molar-refractivity contribution in [2.24, 2.45) is 5.73 Å². The van der Waals surface area contributed by atoms with Gasteiger partial charge in [0.15, 0.2) is 0 Å². The molecule has 2 aromatic rings. The van der Waals surface area contributed by atoms with Crippen LogP contribution in [-0.4, -0.2) is 48.5 Å². The summed E-state index contributed by atoms with van der Waals surface area (Å²) in [4.78, 5) is 16.9. The molecule has 0 radical (unpaired) electrons. The molecule has 1 saturated heterocycles. The zero-order valence-electron chi connectivity index (χ0n) is 15.0. The second kappa shape index (κ2) is 9.32. The molecule has 2 aromatic carbocycles. The molecule has 0 bridgehead atoms. The third kappa shape index (κ3) is 5.52. The minimum absolute atomic E-state index is 0.00617. The monoisotopic (exact) mass is 433 g/mol. The number of piperazine rings is 1. The van der Waals surface area contributed by atoms with Crippen LogP contribution in [-0.2, 0) is 9.53 Å². The standard InChI is InChI=1S/C20H24BrN3O3/c21-16-6-4-5-15(13-16)18(27-20(22)26)14-19(25)24-11-9-23(10-12-24)17-7-2-1-3-8-17/h1-8,13,18,20,26H,9-12,14,22H2. The molecule has 0 spiro atoms. The van der Waals surface area contributed by atoms with Crippen LogP contribution in [0, 0.1) is 0 Å². The maximum Gasteiger partial charge on any atom is 0.225 e. The number of hydrogen-bond acceptors (Lipinski definition) is 5. The first kappa shape index (κ1) is 19.8. The molecule has 0 aliphatic carbocycles. The molecule has 3 N–H and O–H groups in total. The van der Waals surface area contributed by atoms with Crippen LogP contribution in [0.15, 0.2) is 59.1 Å². The van der Waals surface area contributed by atoms with Crippen LogP contribution < -0.4 is 10.6 Å². The first-order valence-corrected chi connectivity index (χ1v) is 9.74. The molecule has 2 unspecified atom stereocenters. The van der Waals surface area contributed by atoms with Gasteiger partial charge in [0.25, 0.3) is 0 Å². The Morgan fingerprint density at radius 2 is 1.81 bits per heavy atom. The third-order valence-electron chi connectivity index (χ3n) is 4.64. The molecular formula is C20H24BrN3O3. The van der Waals surface area contributed by atoms with E-state index >= 15 is 0 Å². The van der Waals surface area contributed by atoms with Gasteiger partial charge in [-0.15, -0.1) is 0 Å². The van der Waals surface area contributed by atoms with Crippen LogP contribution in [0.25, 0.3) is 0 Å². The molecule has 6 nitrogen and oxygen atoms in total. The lowest BCUT2D eigenvalue weighted by atomic mass is 10.1. The molecule has 7 heteroatoms. The van der Waals surface area contributed by atoms with E-state index in [-0.39, 0.29) is 12.3 Å². The molecular weight excluding hydrogens is 410 g/mol. The molecule has 1 fully saturated rings. The lowest BCUT2D eigenvalue weighted by Crippen LogP contribution is -2.49. The van der Waals surface area contributed by atoms with Gasteiger partial charge in [-0.25, -0.2) is 0 Å². The first-order valence-electron chi connectivity index (χ1n) is 8.95. The number of amides is 1. The number of para-hydroxylation sites is 1. The number of rotatable bonds is 6. The average molecular weight is 434 g/mol. The molecule has 1 heterocycles. The van der Waals surface area contributed by atoms with Crippen LogP contribution in [0.5, 0.6) is 0 Å². The number of anilines is 1. The molecule has 144 valence electrons. The van der Waals surface area contributed by atoms with Crippen LogP contribution in [0.1, 0.15) is 18.1 Å². The zero-order valence-corrected chi connectivity index (χ0v) is 16.6. The predicted octanol–water partition coefficient (Wildman–Crippen LogP) is 2.48. The smallest absolute Gasteiger partial charge is 0.225 e. The van der Waals surface area contributed by atoms with Crippen molar-refractivity contribution in [2.75, 3.05) is 31.1 Å². The number of hydrogen-bond donors (Lipinski definition) is 2. The highest BCUT2D eigenvalue weighted by atomic mass is 79.9. The molecule has 1 aliphatic heterocycles. The van der Waals surface area contributed by atoms with Gasteiger partial charge in [-0.05, 0) is 29.8 Å². The Kier molecular flexibility index (Phi) is 6.84. The van der Waals surface area contributed by atoms with Crippen molar-refractivity contribution in [3.63, 3.8) is 0 Å². The molecule has 1 aliphatic rings. The molecule has 27 heavy (non-hydrogen) atoms. The maximum absolute atomic E-state index is 12.8. The highest BCUT2D eigenvalue weighted by Gasteiger charge is 2.26. The largest absolute Gasteiger partial charge is 0.368 e. The lowest BCUT2D eigenvalue weighted by molar-refractivity contribution is -0.151. The van der Waals surface area contributed by atoms with Gasteiger partial charge in [-0.2, -0.15) is 0 Å². The van der Waals surface area contributed by atoms with Crippen molar-refractivity contribution in [1.29, 1.82) is 0 Å². The summed E-state index contributed by atoms with van der Waals surface area (Å²) < 4.78 is 6.28. The van der Waals surface area contributed by atoms with Gasteiger partial charge in [0, 0.05) is 36.3 Å². The van der Waals surface area contributed by atoms with Gasteiger partial charge in [-0.3, -0.25) is 10.5 Å². The Bertz CT molecular complexity index is 749. The summed E-state index contributed by atoms with van der Waals surface area (Å²) in [6, 6.07) is 17.7. The van der Waals surface area contributed by atoms with Gasteiger partial charge >= 0.3 is 0 Å². The Balaban J connectivity index is 1.61. The normalized spacial score (nSPS) is 16.9. The number of aliphatic hydroxyl groups is 1. The highest BCUT2D eigenvalue weighted by molar-refractivity contribution is 9.10. The van der Waals surface area contributed by atoms with Gasteiger partial charge in [-0.1, -0.05) is 46.3 Å². The van der Waals surface area contributed by atoms with E-state index in [1.807, 2.05) is 47.4 Å². The molecule has 0 aromatic heterocycles. The minimum Gasteiger partial charge on any atom is -0.368 e. The fraction of sp³-hybridized carbons (Fsp3) is 0.350. The Morgan fingerprint density at radius 1 is 1.11 bits per heavy atom. The summed E-state index contributed by atoms with van der Waals surface area (Å²) in [5.74, 6) is -0.00617. The van der Waals surface area contributed by atoms with E-state index in [1.54, 1.807) is 0 Å². The Hall–Kier alpha value is -1.93. The minimum atomic E-state index is -1.43. The van der Waals surface area contributed by atoms with Crippen molar-refractivity contribution in [2.45, 2.75) is 18.9 Å². The number of nitrogens with two attached hydrogens (primary N) is 1. The van der Waals surface area contributed by atoms with Gasteiger partial charge in [0.2, 0.25) is 12.3 Å². The number of carbonyl (C=O) groups excluding carboxylic acids is 1. The summed E-state index contributed by atoms with van der Waals surface area (Å²) in [7, 11) is 0. The quantitative estimate of drug-likeness (QED) is 0.684. The summed E-state index contributed by atoms with van der Waals surface area (Å²) in [6.45, 7) is 2.89. The third-order valence-corrected chi connectivity index (χ3v) is 5.13. The number of benzene rings is 2. The van der Waals surface area contributed by atoms with E-state index in [2.05, 4.69) is 33.0 Å². The number of halogens is 1. The van der Waals surface area contributed by atoms with Crippen molar-refractivity contribution in [3.05, 3.63) is 64.6 Å². The SMILES string of the molecule is NC(O)OC(CC(=O)N1CCN(c2ccccc2)CC1)c1cccc(Br)c1. The predicted molar refractivity (Wildman–Crippen MR) is 108 cm³/mol. The van der Waals surface area contributed by atoms with Crippen molar-refractivity contribution in [1.82, 2.24) is 4.90 Å². The van der Waals surface area contributed by atoms with E-state index in [4.69, 9.17) is 10.5 Å². The van der Waals surface area contributed by atoms with Gasteiger partial charge in [0.05, 0.1) is 12.5 Å². The van der Waals surface area contributed by atoms with Crippen molar-refractivity contribution in [3.8, 4) is 0 Å². The van der Waals surface area contributed by atoms with Gasteiger partial charge in [0.1, 0.15) is 0 Å². The van der Waals surface area contributed by atoms with E-state index in [0.29, 0.717) is 13.1 Å². The summed E-state index contributed by atoms with van der Waals surface area (Å²) >= 11 is 3.42. The first-order chi connectivity index (χ1) is 13.0. The topological polar surface area (TPSA) is 79.0 Å². The van der Waals surface area contributed by atoms with E-state index in [0.717, 1.165) is 23.1 Å². The fourth-order valence-corrected chi connectivity index (χ4v) is 3.68. The lowest BCUT2D eigenvalue weighted by Gasteiger charge is -2.36. The van der Waals surface area contributed by atoms with Crippen LogP contribution >= 0.6 is 15.9 Å². The van der Waals surface area contributed by atoms with Gasteiger partial charge < -0.3 is 19.6 Å². The second-order valence-corrected chi connectivity index (χ2v) is 7.39. The molecule has 1 amide bonds. The summed E-state index contributed by atoms with van der Waals surface area (Å²) in [5, 5.41) is 9.45.